The van der Waals surface area contributed by atoms with Gasteiger partial charge in [0.15, 0.2) is 0 Å². The molecule has 2 aromatic heterocycles. The van der Waals surface area contributed by atoms with Gasteiger partial charge in [0, 0.05) is 22.0 Å². The Balaban J connectivity index is 1.88. The predicted molar refractivity (Wildman–Crippen MR) is 108 cm³/mol. The van der Waals surface area contributed by atoms with Gasteiger partial charge in [0.1, 0.15) is 0 Å². The number of hydrogen-bond donors (Lipinski definition) is 0. The average molecular weight is 337 g/mol. The van der Waals surface area contributed by atoms with E-state index in [1.165, 1.54) is 37.7 Å². The van der Waals surface area contributed by atoms with E-state index in [0.717, 1.165) is 5.52 Å². The summed E-state index contributed by atoms with van der Waals surface area (Å²) in [5, 5.41) is 5.82. The molecule has 1 nitrogen and oxygen atoms in total. The summed E-state index contributed by atoms with van der Waals surface area (Å²) in [6.45, 7) is 0. The fraction of sp³-hybridized carbons (Fsp3) is 0. The van der Waals surface area contributed by atoms with E-state index in [1.54, 1.807) is 11.3 Å². The van der Waals surface area contributed by atoms with E-state index in [0.29, 0.717) is 0 Å². The van der Waals surface area contributed by atoms with Crippen molar-refractivity contribution in [1.29, 1.82) is 0 Å². The highest BCUT2D eigenvalue weighted by Gasteiger charge is 2.11. The normalized spacial score (nSPS) is 11.2. The molecule has 0 N–H and O–H groups in total. The Labute approximate surface area is 150 Å². The van der Waals surface area contributed by atoms with E-state index in [9.17, 15) is 0 Å². The lowest BCUT2D eigenvalue weighted by molar-refractivity contribution is 1.41. The number of benzene rings is 3. The fourth-order valence-corrected chi connectivity index (χ4v) is 4.16. The maximum absolute atomic E-state index is 4.69. The molecule has 2 heteroatoms. The summed E-state index contributed by atoms with van der Waals surface area (Å²) in [7, 11) is 0. The lowest BCUT2D eigenvalue weighted by Crippen LogP contribution is -1.88. The number of hydrogen-bond acceptors (Lipinski definition) is 2. The Morgan fingerprint density at radius 2 is 1.56 bits per heavy atom. The first-order chi connectivity index (χ1) is 12.4. The first-order valence-corrected chi connectivity index (χ1v) is 9.19. The molecule has 0 radical (unpaired) electrons. The van der Waals surface area contributed by atoms with Gasteiger partial charge in [-0.1, -0.05) is 54.6 Å². The molecule has 0 fully saturated rings. The van der Waals surface area contributed by atoms with Gasteiger partial charge in [-0.25, -0.2) is 0 Å². The summed E-state index contributed by atoms with van der Waals surface area (Å²) in [6.07, 6.45) is 1.88. The van der Waals surface area contributed by atoms with Crippen LogP contribution in [0.2, 0.25) is 0 Å². The number of thiophene rings is 1. The monoisotopic (exact) mass is 337 g/mol. The molecule has 0 atom stereocenters. The summed E-state index contributed by atoms with van der Waals surface area (Å²) in [4.78, 5) is 5.97. The van der Waals surface area contributed by atoms with Crippen LogP contribution in [0.3, 0.4) is 0 Å². The minimum atomic E-state index is 1.05. The quantitative estimate of drug-likeness (QED) is 0.346. The van der Waals surface area contributed by atoms with Crippen molar-refractivity contribution >= 4 is 33.0 Å². The van der Waals surface area contributed by atoms with E-state index in [1.807, 2.05) is 12.3 Å². The summed E-state index contributed by atoms with van der Waals surface area (Å²) in [5.74, 6) is 0. The number of rotatable bonds is 2. The zero-order valence-electron chi connectivity index (χ0n) is 13.5. The van der Waals surface area contributed by atoms with E-state index in [-0.39, 0.29) is 0 Å². The SMILES string of the molecule is c1csc(-c2cc(-c3cccc4ccccc34)c3ncccc3c2)c1. The van der Waals surface area contributed by atoms with Crippen molar-refractivity contribution in [2.24, 2.45) is 0 Å². The van der Waals surface area contributed by atoms with Crippen LogP contribution in [0.4, 0.5) is 0 Å². The zero-order valence-corrected chi connectivity index (χ0v) is 14.3. The molecule has 0 aliphatic heterocycles. The van der Waals surface area contributed by atoms with E-state index >= 15 is 0 Å². The van der Waals surface area contributed by atoms with Crippen molar-refractivity contribution in [3.8, 4) is 21.6 Å². The van der Waals surface area contributed by atoms with Crippen molar-refractivity contribution in [1.82, 2.24) is 4.98 Å². The molecule has 0 unspecified atom stereocenters. The summed E-state index contributed by atoms with van der Waals surface area (Å²) in [5.41, 5.74) is 4.73. The van der Waals surface area contributed by atoms with Crippen molar-refractivity contribution in [2.45, 2.75) is 0 Å². The molecule has 3 aromatic carbocycles. The van der Waals surface area contributed by atoms with Crippen LogP contribution in [-0.2, 0) is 0 Å². The molecular weight excluding hydrogens is 322 g/mol. The van der Waals surface area contributed by atoms with Gasteiger partial charge in [-0.15, -0.1) is 11.3 Å². The first kappa shape index (κ1) is 14.4. The predicted octanol–water partition coefficient (Wildman–Crippen LogP) is 6.78. The summed E-state index contributed by atoms with van der Waals surface area (Å²) >= 11 is 1.77. The van der Waals surface area contributed by atoms with Crippen LogP contribution in [0.1, 0.15) is 0 Å². The summed E-state index contributed by atoms with van der Waals surface area (Å²) < 4.78 is 0. The molecule has 0 aliphatic carbocycles. The third-order valence-corrected chi connectivity index (χ3v) is 5.51. The zero-order chi connectivity index (χ0) is 16.6. The van der Waals surface area contributed by atoms with Gasteiger partial charge >= 0.3 is 0 Å². The Hall–Kier alpha value is -2.97. The molecule has 118 valence electrons. The molecule has 0 spiro atoms. The Morgan fingerprint density at radius 3 is 2.48 bits per heavy atom. The van der Waals surface area contributed by atoms with Crippen LogP contribution in [0.5, 0.6) is 0 Å². The van der Waals surface area contributed by atoms with Crippen molar-refractivity contribution in [3.05, 3.63) is 90.4 Å². The minimum absolute atomic E-state index is 1.05. The van der Waals surface area contributed by atoms with E-state index in [2.05, 4.69) is 78.2 Å². The Bertz CT molecular complexity index is 1180. The lowest BCUT2D eigenvalue weighted by Gasteiger charge is -2.12. The van der Waals surface area contributed by atoms with E-state index in [4.69, 9.17) is 4.98 Å². The Kier molecular flexibility index (Phi) is 3.36. The van der Waals surface area contributed by atoms with Crippen LogP contribution in [-0.4, -0.2) is 4.98 Å². The van der Waals surface area contributed by atoms with Crippen LogP contribution < -0.4 is 0 Å². The fourth-order valence-electron chi connectivity index (χ4n) is 3.44. The molecule has 0 bridgehead atoms. The second-order valence-electron chi connectivity index (χ2n) is 6.10. The lowest BCUT2D eigenvalue weighted by atomic mass is 9.94. The second kappa shape index (κ2) is 5.83. The molecular formula is C23H15NS. The topological polar surface area (TPSA) is 12.9 Å². The van der Waals surface area contributed by atoms with Gasteiger partial charge in [0.05, 0.1) is 5.52 Å². The maximum atomic E-state index is 4.69. The number of pyridine rings is 1. The molecule has 0 saturated heterocycles. The number of nitrogens with zero attached hydrogens (tertiary/aromatic N) is 1. The molecule has 0 amide bonds. The van der Waals surface area contributed by atoms with Gasteiger partial charge in [0.2, 0.25) is 0 Å². The van der Waals surface area contributed by atoms with Crippen LogP contribution in [0, 0.1) is 0 Å². The van der Waals surface area contributed by atoms with Gasteiger partial charge in [-0.2, -0.15) is 0 Å². The third kappa shape index (κ3) is 2.43. The molecule has 0 saturated carbocycles. The minimum Gasteiger partial charge on any atom is -0.256 e. The standard InChI is InChI=1S/C23H15NS/c1-2-9-19-16(6-1)7-3-10-20(19)21-15-18(22-11-5-13-25-22)14-17-8-4-12-24-23(17)21/h1-15H. The van der Waals surface area contributed by atoms with Gasteiger partial charge in [-0.3, -0.25) is 4.98 Å². The second-order valence-corrected chi connectivity index (χ2v) is 7.05. The third-order valence-electron chi connectivity index (χ3n) is 4.59. The van der Waals surface area contributed by atoms with Crippen molar-refractivity contribution < 1.29 is 0 Å². The highest BCUT2D eigenvalue weighted by atomic mass is 32.1. The largest absolute Gasteiger partial charge is 0.256 e. The van der Waals surface area contributed by atoms with Crippen molar-refractivity contribution in [2.75, 3.05) is 0 Å². The first-order valence-electron chi connectivity index (χ1n) is 8.31. The molecule has 5 rings (SSSR count). The number of fused-ring (bicyclic) bond motifs is 2. The average Bonchev–Trinajstić information content (AvgIpc) is 3.21. The molecule has 2 heterocycles. The number of aromatic nitrogens is 1. The van der Waals surface area contributed by atoms with E-state index < -0.39 is 0 Å². The smallest absolute Gasteiger partial charge is 0.0780 e. The molecule has 5 aromatic rings. The Morgan fingerprint density at radius 1 is 0.680 bits per heavy atom. The van der Waals surface area contributed by atoms with Crippen LogP contribution in [0.15, 0.2) is 90.4 Å². The highest BCUT2D eigenvalue weighted by Crippen LogP contribution is 2.37. The van der Waals surface area contributed by atoms with Gasteiger partial charge < -0.3 is 0 Å². The van der Waals surface area contributed by atoms with Crippen LogP contribution >= 0.6 is 11.3 Å². The van der Waals surface area contributed by atoms with Gasteiger partial charge in [0.25, 0.3) is 0 Å². The molecule has 25 heavy (non-hydrogen) atoms. The highest BCUT2D eigenvalue weighted by molar-refractivity contribution is 7.13. The maximum Gasteiger partial charge on any atom is 0.0780 e. The van der Waals surface area contributed by atoms with Crippen molar-refractivity contribution in [3.63, 3.8) is 0 Å². The molecule has 0 aliphatic rings. The van der Waals surface area contributed by atoms with Crippen LogP contribution in [0.25, 0.3) is 43.2 Å². The van der Waals surface area contributed by atoms with Gasteiger partial charge in [-0.05, 0) is 51.5 Å². The summed E-state index contributed by atoms with van der Waals surface area (Å²) in [6, 6.07) is 28.0.